The molecule has 26 heavy (non-hydrogen) atoms. The van der Waals surface area contributed by atoms with Gasteiger partial charge < -0.3 is 9.64 Å². The summed E-state index contributed by atoms with van der Waals surface area (Å²) in [7, 11) is 1.75. The van der Waals surface area contributed by atoms with Gasteiger partial charge in [0.2, 0.25) is 5.91 Å². The van der Waals surface area contributed by atoms with Crippen molar-refractivity contribution in [3.05, 3.63) is 34.9 Å². The van der Waals surface area contributed by atoms with Crippen LogP contribution in [-0.2, 0) is 16.0 Å². The summed E-state index contributed by atoms with van der Waals surface area (Å²) in [5.74, 6) is 0.309. The summed E-state index contributed by atoms with van der Waals surface area (Å²) in [5.41, 5.74) is 4.00. The van der Waals surface area contributed by atoms with E-state index in [0.29, 0.717) is 24.4 Å². The first-order valence-corrected chi connectivity index (χ1v) is 10.0. The molecule has 1 amide bonds. The predicted octanol–water partition coefficient (Wildman–Crippen LogP) is 3.58. The Balaban J connectivity index is 1.78. The Morgan fingerprint density at radius 3 is 2.42 bits per heavy atom. The third-order valence-corrected chi connectivity index (χ3v) is 5.65. The van der Waals surface area contributed by atoms with Crippen LogP contribution >= 0.6 is 0 Å². The minimum Gasteiger partial charge on any atom is -0.385 e. The number of rotatable bonds is 8. The maximum atomic E-state index is 12.7. The van der Waals surface area contributed by atoms with Crippen LogP contribution in [0.15, 0.2) is 18.2 Å². The first kappa shape index (κ1) is 20.9. The third kappa shape index (κ3) is 5.82. The van der Waals surface area contributed by atoms with Gasteiger partial charge in [-0.25, -0.2) is 0 Å². The number of benzene rings is 1. The van der Waals surface area contributed by atoms with E-state index in [4.69, 9.17) is 4.74 Å². The highest BCUT2D eigenvalue weighted by Gasteiger charge is 2.30. The standard InChI is InChI=1S/C22H36N2O2/c1-17-10-11-21(14-18(17)2)8-6-9-22(25)23-15-19(3)24(20(4)16-23)12-7-13-26-5/h10-11,14,19-20H,6-9,12-13,15-16H2,1-5H3. The van der Waals surface area contributed by atoms with Gasteiger partial charge in [0.25, 0.3) is 0 Å². The Morgan fingerprint density at radius 2 is 1.81 bits per heavy atom. The average molecular weight is 361 g/mol. The second-order valence-corrected chi connectivity index (χ2v) is 7.85. The number of carbonyl (C=O) groups excluding carboxylic acids is 1. The lowest BCUT2D eigenvalue weighted by molar-refractivity contribution is -0.135. The van der Waals surface area contributed by atoms with Gasteiger partial charge in [-0.2, -0.15) is 0 Å². The third-order valence-electron chi connectivity index (χ3n) is 5.65. The highest BCUT2D eigenvalue weighted by molar-refractivity contribution is 5.76. The normalized spacial score (nSPS) is 21.2. The van der Waals surface area contributed by atoms with Crippen LogP contribution in [0.3, 0.4) is 0 Å². The number of nitrogens with zero attached hydrogens (tertiary/aromatic N) is 2. The molecule has 1 heterocycles. The summed E-state index contributed by atoms with van der Waals surface area (Å²) in [6, 6.07) is 7.45. The SMILES string of the molecule is COCCCN1C(C)CN(C(=O)CCCc2ccc(C)c(C)c2)CC1C. The van der Waals surface area contributed by atoms with Crippen molar-refractivity contribution < 1.29 is 9.53 Å². The molecule has 2 unspecified atom stereocenters. The Labute approximate surface area is 159 Å². The smallest absolute Gasteiger partial charge is 0.222 e. The van der Waals surface area contributed by atoms with E-state index in [1.54, 1.807) is 7.11 Å². The van der Waals surface area contributed by atoms with E-state index in [-0.39, 0.29) is 0 Å². The Hall–Kier alpha value is -1.39. The fourth-order valence-electron chi connectivity index (χ4n) is 3.95. The van der Waals surface area contributed by atoms with E-state index < -0.39 is 0 Å². The number of methoxy groups -OCH3 is 1. The number of piperazine rings is 1. The minimum atomic E-state index is 0.309. The van der Waals surface area contributed by atoms with E-state index in [9.17, 15) is 4.79 Å². The van der Waals surface area contributed by atoms with Crippen LogP contribution in [0.5, 0.6) is 0 Å². The van der Waals surface area contributed by atoms with Crippen LogP contribution in [0.4, 0.5) is 0 Å². The molecule has 2 rings (SSSR count). The maximum absolute atomic E-state index is 12.7. The monoisotopic (exact) mass is 360 g/mol. The molecule has 1 aromatic carbocycles. The van der Waals surface area contributed by atoms with Crippen molar-refractivity contribution in [3.63, 3.8) is 0 Å². The summed E-state index contributed by atoms with van der Waals surface area (Å²) < 4.78 is 5.17. The van der Waals surface area contributed by atoms with Crippen molar-refractivity contribution in [1.82, 2.24) is 9.80 Å². The maximum Gasteiger partial charge on any atom is 0.222 e. The van der Waals surface area contributed by atoms with Gasteiger partial charge in [-0.3, -0.25) is 9.69 Å². The number of hydrogen-bond donors (Lipinski definition) is 0. The molecule has 0 spiro atoms. The Bertz CT molecular complexity index is 576. The molecule has 0 radical (unpaired) electrons. The van der Waals surface area contributed by atoms with E-state index in [1.165, 1.54) is 16.7 Å². The molecule has 0 aromatic heterocycles. The molecule has 1 aromatic rings. The number of hydrogen-bond acceptors (Lipinski definition) is 3. The zero-order valence-electron chi connectivity index (χ0n) is 17.3. The van der Waals surface area contributed by atoms with Crippen molar-refractivity contribution >= 4 is 5.91 Å². The highest BCUT2D eigenvalue weighted by atomic mass is 16.5. The molecule has 0 aliphatic carbocycles. The molecule has 146 valence electrons. The average Bonchev–Trinajstić information content (AvgIpc) is 2.60. The Kier molecular flexibility index (Phi) is 8.11. The lowest BCUT2D eigenvalue weighted by Crippen LogP contribution is -2.58. The van der Waals surface area contributed by atoms with Gasteiger partial charge in [0, 0.05) is 51.9 Å². The molecule has 0 bridgehead atoms. The Morgan fingerprint density at radius 1 is 1.12 bits per heavy atom. The molecular weight excluding hydrogens is 324 g/mol. The predicted molar refractivity (Wildman–Crippen MR) is 108 cm³/mol. The van der Waals surface area contributed by atoms with Gasteiger partial charge in [-0.15, -0.1) is 0 Å². The molecule has 0 saturated carbocycles. The fraction of sp³-hybridized carbons (Fsp3) is 0.682. The van der Waals surface area contributed by atoms with E-state index in [0.717, 1.165) is 45.5 Å². The lowest BCUT2D eigenvalue weighted by Gasteiger charge is -2.44. The van der Waals surface area contributed by atoms with Gasteiger partial charge in [-0.1, -0.05) is 18.2 Å². The van der Waals surface area contributed by atoms with Gasteiger partial charge in [0.15, 0.2) is 0 Å². The first-order chi connectivity index (χ1) is 12.4. The second-order valence-electron chi connectivity index (χ2n) is 7.85. The molecule has 1 aliphatic heterocycles. The van der Waals surface area contributed by atoms with Gasteiger partial charge in [-0.05, 0) is 63.6 Å². The van der Waals surface area contributed by atoms with Crippen molar-refractivity contribution in [2.24, 2.45) is 0 Å². The largest absolute Gasteiger partial charge is 0.385 e. The van der Waals surface area contributed by atoms with Crippen LogP contribution in [0, 0.1) is 13.8 Å². The first-order valence-electron chi connectivity index (χ1n) is 10.0. The van der Waals surface area contributed by atoms with E-state index in [1.807, 2.05) is 0 Å². The summed E-state index contributed by atoms with van der Waals surface area (Å²) in [6.45, 7) is 12.3. The fourth-order valence-corrected chi connectivity index (χ4v) is 3.95. The molecule has 0 N–H and O–H groups in total. The number of ether oxygens (including phenoxy) is 1. The van der Waals surface area contributed by atoms with Crippen LogP contribution in [0.1, 0.15) is 49.8 Å². The summed E-state index contributed by atoms with van der Waals surface area (Å²) in [5, 5.41) is 0. The second kappa shape index (κ2) is 10.1. The van der Waals surface area contributed by atoms with Crippen molar-refractivity contribution in [1.29, 1.82) is 0 Å². The molecule has 1 saturated heterocycles. The summed E-state index contributed by atoms with van der Waals surface area (Å²) in [4.78, 5) is 17.2. The highest BCUT2D eigenvalue weighted by Crippen LogP contribution is 2.18. The zero-order chi connectivity index (χ0) is 19.1. The molecular formula is C22H36N2O2. The van der Waals surface area contributed by atoms with Crippen LogP contribution in [0.2, 0.25) is 0 Å². The topological polar surface area (TPSA) is 32.8 Å². The molecule has 1 fully saturated rings. The minimum absolute atomic E-state index is 0.309. The van der Waals surface area contributed by atoms with E-state index in [2.05, 4.69) is 55.7 Å². The van der Waals surface area contributed by atoms with Crippen LogP contribution in [-0.4, -0.2) is 61.1 Å². The van der Waals surface area contributed by atoms with Crippen LogP contribution < -0.4 is 0 Å². The number of amides is 1. The summed E-state index contributed by atoms with van der Waals surface area (Å²) >= 11 is 0. The van der Waals surface area contributed by atoms with Crippen molar-refractivity contribution in [2.45, 2.75) is 65.5 Å². The van der Waals surface area contributed by atoms with E-state index >= 15 is 0 Å². The van der Waals surface area contributed by atoms with Crippen molar-refractivity contribution in [3.8, 4) is 0 Å². The lowest BCUT2D eigenvalue weighted by atomic mass is 10.0. The number of carbonyl (C=O) groups is 1. The van der Waals surface area contributed by atoms with Gasteiger partial charge in [0.1, 0.15) is 0 Å². The zero-order valence-corrected chi connectivity index (χ0v) is 17.3. The quantitative estimate of drug-likeness (QED) is 0.664. The van der Waals surface area contributed by atoms with Crippen molar-refractivity contribution in [2.75, 3.05) is 33.4 Å². The molecule has 2 atom stereocenters. The van der Waals surface area contributed by atoms with Crippen LogP contribution in [0.25, 0.3) is 0 Å². The number of aryl methyl sites for hydroxylation is 3. The molecule has 4 heteroatoms. The van der Waals surface area contributed by atoms with Gasteiger partial charge in [0.05, 0.1) is 0 Å². The molecule has 1 aliphatic rings. The van der Waals surface area contributed by atoms with Gasteiger partial charge >= 0.3 is 0 Å². The molecule has 4 nitrogen and oxygen atoms in total. The summed E-state index contributed by atoms with van der Waals surface area (Å²) in [6.07, 6.45) is 3.61.